The standard InChI is InChI=1S/C24H30N6O3/c1-16(2)11-21(31)23(32)30-5-3-17(4-6-30)18-12-20(19-14-26-24(25)27-15-19)28-22(13-18)29-7-9-33-10-8-29/h11-15,17H,3-10H2,1-2H3,(H2,25,26,27). The van der Waals surface area contributed by atoms with E-state index in [1.165, 1.54) is 11.6 Å². The molecule has 0 atom stereocenters. The SMILES string of the molecule is CC(C)=CC(=O)C(=O)N1CCC(c2cc(-c3cnc(N)nc3)nc(N3CCOCC3)c2)CC1. The second kappa shape index (κ2) is 10.1. The number of piperidine rings is 1. The van der Waals surface area contributed by atoms with Gasteiger partial charge in [0.25, 0.3) is 5.91 Å². The minimum atomic E-state index is -0.447. The summed E-state index contributed by atoms with van der Waals surface area (Å²) in [6, 6.07) is 4.22. The van der Waals surface area contributed by atoms with Gasteiger partial charge in [0.2, 0.25) is 11.7 Å². The normalized spacial score (nSPS) is 17.0. The van der Waals surface area contributed by atoms with Crippen molar-refractivity contribution in [3.05, 3.63) is 41.7 Å². The largest absolute Gasteiger partial charge is 0.378 e. The molecule has 0 saturated carbocycles. The molecule has 9 heteroatoms. The summed E-state index contributed by atoms with van der Waals surface area (Å²) in [5, 5.41) is 0. The number of allylic oxidation sites excluding steroid dienone is 1. The molecule has 1 amide bonds. The average Bonchev–Trinajstić information content (AvgIpc) is 2.84. The zero-order valence-corrected chi connectivity index (χ0v) is 19.2. The third kappa shape index (κ3) is 5.54. The number of amides is 1. The molecule has 2 aliphatic rings. The number of nitrogens with two attached hydrogens (primary N) is 1. The zero-order valence-electron chi connectivity index (χ0n) is 19.2. The van der Waals surface area contributed by atoms with Crippen molar-refractivity contribution in [3.63, 3.8) is 0 Å². The first kappa shape index (κ1) is 22.8. The summed E-state index contributed by atoms with van der Waals surface area (Å²) in [5.41, 5.74) is 9.26. The lowest BCUT2D eigenvalue weighted by Gasteiger charge is -2.33. The second-order valence-electron chi connectivity index (χ2n) is 8.73. The Morgan fingerprint density at radius 3 is 2.36 bits per heavy atom. The van der Waals surface area contributed by atoms with Crippen LogP contribution in [0.15, 0.2) is 36.2 Å². The van der Waals surface area contributed by atoms with Crippen LogP contribution in [0.1, 0.15) is 38.2 Å². The molecular formula is C24H30N6O3. The number of likely N-dealkylation sites (tertiary alicyclic amines) is 1. The molecule has 0 unspecified atom stereocenters. The fraction of sp³-hybridized carbons (Fsp3) is 0.458. The monoisotopic (exact) mass is 450 g/mol. The molecule has 0 aliphatic carbocycles. The van der Waals surface area contributed by atoms with E-state index < -0.39 is 11.7 Å². The van der Waals surface area contributed by atoms with Crippen molar-refractivity contribution in [3.8, 4) is 11.3 Å². The minimum Gasteiger partial charge on any atom is -0.378 e. The van der Waals surface area contributed by atoms with Crippen LogP contribution in [-0.4, -0.2) is 70.9 Å². The van der Waals surface area contributed by atoms with Crippen LogP contribution in [-0.2, 0) is 14.3 Å². The quantitative estimate of drug-likeness (QED) is 0.545. The molecule has 2 fully saturated rings. The van der Waals surface area contributed by atoms with Crippen LogP contribution in [0.25, 0.3) is 11.3 Å². The lowest BCUT2D eigenvalue weighted by atomic mass is 9.88. The Balaban J connectivity index is 1.56. The van der Waals surface area contributed by atoms with Gasteiger partial charge in [0.15, 0.2) is 0 Å². The van der Waals surface area contributed by atoms with Gasteiger partial charge in [0, 0.05) is 44.1 Å². The van der Waals surface area contributed by atoms with Crippen molar-refractivity contribution in [2.24, 2.45) is 0 Å². The van der Waals surface area contributed by atoms with Crippen molar-refractivity contribution in [1.29, 1.82) is 0 Å². The summed E-state index contributed by atoms with van der Waals surface area (Å²) in [4.78, 5) is 41.6. The third-order valence-electron chi connectivity index (χ3n) is 6.02. The van der Waals surface area contributed by atoms with Gasteiger partial charge in [-0.15, -0.1) is 0 Å². The summed E-state index contributed by atoms with van der Waals surface area (Å²) in [5.74, 6) is 0.530. The molecule has 9 nitrogen and oxygen atoms in total. The number of aromatic nitrogens is 3. The van der Waals surface area contributed by atoms with Crippen molar-refractivity contribution < 1.29 is 14.3 Å². The Hall–Kier alpha value is -3.33. The van der Waals surface area contributed by atoms with Gasteiger partial charge < -0.3 is 20.3 Å². The molecule has 0 radical (unpaired) electrons. The highest BCUT2D eigenvalue weighted by atomic mass is 16.5. The minimum absolute atomic E-state index is 0.225. The van der Waals surface area contributed by atoms with Crippen LogP contribution in [0.4, 0.5) is 11.8 Å². The van der Waals surface area contributed by atoms with Crippen LogP contribution >= 0.6 is 0 Å². The van der Waals surface area contributed by atoms with Gasteiger partial charge in [0.05, 0.1) is 18.9 Å². The first-order chi connectivity index (χ1) is 15.9. The molecule has 2 N–H and O–H groups in total. The summed E-state index contributed by atoms with van der Waals surface area (Å²) >= 11 is 0. The highest BCUT2D eigenvalue weighted by molar-refractivity contribution is 6.40. The molecule has 4 heterocycles. The summed E-state index contributed by atoms with van der Waals surface area (Å²) in [7, 11) is 0. The first-order valence-electron chi connectivity index (χ1n) is 11.3. The number of ether oxygens (including phenoxy) is 1. The summed E-state index contributed by atoms with van der Waals surface area (Å²) in [6.07, 6.45) is 6.37. The molecule has 174 valence electrons. The maximum atomic E-state index is 12.5. The van der Waals surface area contributed by atoms with Crippen molar-refractivity contribution in [2.45, 2.75) is 32.6 Å². The molecule has 2 aromatic heterocycles. The number of hydrogen-bond acceptors (Lipinski definition) is 8. The fourth-order valence-corrected chi connectivity index (χ4v) is 4.24. The van der Waals surface area contributed by atoms with E-state index in [0.29, 0.717) is 26.3 Å². The molecule has 2 saturated heterocycles. The van der Waals surface area contributed by atoms with E-state index in [1.807, 2.05) is 13.8 Å². The third-order valence-corrected chi connectivity index (χ3v) is 6.02. The highest BCUT2D eigenvalue weighted by Gasteiger charge is 2.28. The average molecular weight is 451 g/mol. The Morgan fingerprint density at radius 2 is 1.73 bits per heavy atom. The number of rotatable bonds is 5. The number of carbonyl (C=O) groups excluding carboxylic acids is 2. The Morgan fingerprint density at radius 1 is 1.06 bits per heavy atom. The maximum Gasteiger partial charge on any atom is 0.294 e. The summed E-state index contributed by atoms with van der Waals surface area (Å²) < 4.78 is 5.50. The van der Waals surface area contributed by atoms with E-state index in [0.717, 1.165) is 48.6 Å². The van der Waals surface area contributed by atoms with E-state index >= 15 is 0 Å². The molecule has 0 bridgehead atoms. The number of nitrogen functional groups attached to an aromatic ring is 1. The van der Waals surface area contributed by atoms with Crippen LogP contribution in [0.2, 0.25) is 0 Å². The van der Waals surface area contributed by atoms with Crippen molar-refractivity contribution in [2.75, 3.05) is 50.0 Å². The van der Waals surface area contributed by atoms with Gasteiger partial charge in [-0.1, -0.05) is 5.57 Å². The topological polar surface area (TPSA) is 115 Å². The molecular weight excluding hydrogens is 420 g/mol. The number of hydrogen-bond donors (Lipinski definition) is 1. The number of pyridine rings is 1. The smallest absolute Gasteiger partial charge is 0.294 e. The van der Waals surface area contributed by atoms with E-state index in [4.69, 9.17) is 15.5 Å². The number of carbonyl (C=O) groups is 2. The predicted molar refractivity (Wildman–Crippen MR) is 126 cm³/mol. The van der Waals surface area contributed by atoms with E-state index in [2.05, 4.69) is 27.0 Å². The molecule has 2 aliphatic heterocycles. The van der Waals surface area contributed by atoms with Crippen molar-refractivity contribution in [1.82, 2.24) is 19.9 Å². The molecule has 33 heavy (non-hydrogen) atoms. The number of anilines is 2. The Bertz CT molecular complexity index is 1030. The highest BCUT2D eigenvalue weighted by Crippen LogP contribution is 2.33. The summed E-state index contributed by atoms with van der Waals surface area (Å²) in [6.45, 7) is 7.66. The second-order valence-corrected chi connectivity index (χ2v) is 8.73. The Kier molecular flexibility index (Phi) is 6.98. The number of morpholine rings is 1. The number of nitrogens with zero attached hydrogens (tertiary/aromatic N) is 5. The Labute approximate surface area is 193 Å². The van der Waals surface area contributed by atoms with Gasteiger partial charge in [-0.05, 0) is 56.4 Å². The van der Waals surface area contributed by atoms with E-state index in [9.17, 15) is 9.59 Å². The van der Waals surface area contributed by atoms with Crippen LogP contribution in [0, 0.1) is 0 Å². The van der Waals surface area contributed by atoms with Gasteiger partial charge in [0.1, 0.15) is 5.82 Å². The molecule has 2 aromatic rings. The van der Waals surface area contributed by atoms with Crippen LogP contribution in [0.5, 0.6) is 0 Å². The van der Waals surface area contributed by atoms with Gasteiger partial charge in [-0.25, -0.2) is 15.0 Å². The van der Waals surface area contributed by atoms with Crippen LogP contribution < -0.4 is 10.6 Å². The van der Waals surface area contributed by atoms with E-state index in [1.54, 1.807) is 17.3 Å². The lowest BCUT2D eigenvalue weighted by molar-refractivity contribution is -0.143. The maximum absolute atomic E-state index is 12.5. The predicted octanol–water partition coefficient (Wildman–Crippen LogP) is 2.20. The van der Waals surface area contributed by atoms with Crippen molar-refractivity contribution >= 4 is 23.5 Å². The van der Waals surface area contributed by atoms with E-state index in [-0.39, 0.29) is 11.9 Å². The van der Waals surface area contributed by atoms with Crippen LogP contribution in [0.3, 0.4) is 0 Å². The number of ketones is 1. The molecule has 0 spiro atoms. The molecule has 0 aromatic carbocycles. The van der Waals surface area contributed by atoms with Gasteiger partial charge >= 0.3 is 0 Å². The fourth-order valence-electron chi connectivity index (χ4n) is 4.24. The van der Waals surface area contributed by atoms with Gasteiger partial charge in [-0.3, -0.25) is 9.59 Å². The zero-order chi connectivity index (χ0) is 23.4. The molecule has 4 rings (SSSR count). The van der Waals surface area contributed by atoms with Gasteiger partial charge in [-0.2, -0.15) is 0 Å². The first-order valence-corrected chi connectivity index (χ1v) is 11.3. The lowest BCUT2D eigenvalue weighted by Crippen LogP contribution is -2.41.